The predicted molar refractivity (Wildman–Crippen MR) is 59.6 cm³/mol. The molecule has 0 spiro atoms. The van der Waals surface area contributed by atoms with E-state index in [0.717, 1.165) is 25.7 Å². The minimum absolute atomic E-state index is 0.135. The molecule has 0 radical (unpaired) electrons. The molecule has 2 rings (SSSR count). The fourth-order valence-corrected chi connectivity index (χ4v) is 4.00. The van der Waals surface area contributed by atoms with Crippen molar-refractivity contribution in [2.45, 2.75) is 30.9 Å². The number of nitrogens with zero attached hydrogens (tertiary/aromatic N) is 2. The molecular weight excluding hydrogens is 230 g/mol. The molecule has 6 nitrogen and oxygen atoms in total. The van der Waals surface area contributed by atoms with Crippen LogP contribution in [0.1, 0.15) is 25.7 Å². The first-order chi connectivity index (χ1) is 7.55. The Morgan fingerprint density at radius 1 is 1.38 bits per heavy atom. The van der Waals surface area contributed by atoms with Gasteiger partial charge in [-0.25, -0.2) is 12.7 Å². The zero-order valence-corrected chi connectivity index (χ0v) is 9.86. The lowest BCUT2D eigenvalue weighted by molar-refractivity contribution is 0.287. The number of nitrogens with two attached hydrogens (primary N) is 1. The van der Waals surface area contributed by atoms with E-state index in [9.17, 15) is 8.42 Å². The van der Waals surface area contributed by atoms with Gasteiger partial charge in [-0.15, -0.1) is 0 Å². The van der Waals surface area contributed by atoms with Gasteiger partial charge in [0.05, 0.1) is 5.25 Å². The molecule has 0 aromatic carbocycles. The van der Waals surface area contributed by atoms with Gasteiger partial charge < -0.3 is 10.9 Å². The first-order valence-corrected chi connectivity index (χ1v) is 7.02. The van der Waals surface area contributed by atoms with Crippen LogP contribution in [0.15, 0.2) is 5.16 Å². The van der Waals surface area contributed by atoms with Crippen molar-refractivity contribution in [3.8, 4) is 0 Å². The third kappa shape index (κ3) is 2.15. The maximum absolute atomic E-state index is 12.0. The van der Waals surface area contributed by atoms with Gasteiger partial charge >= 0.3 is 0 Å². The maximum Gasteiger partial charge on any atom is 0.217 e. The molecule has 7 heteroatoms. The molecular formula is C9H17N3O3S. The zero-order valence-electron chi connectivity index (χ0n) is 9.04. The molecule has 1 saturated carbocycles. The van der Waals surface area contributed by atoms with Crippen LogP contribution in [0.5, 0.6) is 0 Å². The summed E-state index contributed by atoms with van der Waals surface area (Å²) < 4.78 is 25.5. The normalized spacial score (nSPS) is 29.2. The highest BCUT2D eigenvalue weighted by Crippen LogP contribution is 2.33. The van der Waals surface area contributed by atoms with Crippen molar-refractivity contribution in [2.75, 3.05) is 13.1 Å². The van der Waals surface area contributed by atoms with E-state index in [2.05, 4.69) is 5.16 Å². The van der Waals surface area contributed by atoms with Gasteiger partial charge in [-0.2, -0.15) is 0 Å². The van der Waals surface area contributed by atoms with Crippen LogP contribution < -0.4 is 5.73 Å². The minimum Gasteiger partial charge on any atom is -0.409 e. The topological polar surface area (TPSA) is 96.0 Å². The Bertz CT molecular complexity index is 389. The molecule has 0 aromatic rings. The second kappa shape index (κ2) is 4.21. The van der Waals surface area contributed by atoms with E-state index in [4.69, 9.17) is 10.9 Å². The molecule has 1 atom stereocenters. The number of hydrogen-bond acceptors (Lipinski definition) is 4. The molecule has 1 aliphatic carbocycles. The summed E-state index contributed by atoms with van der Waals surface area (Å²) in [5.74, 6) is -0.0111. The molecule has 3 N–H and O–H groups in total. The second-order valence-corrected chi connectivity index (χ2v) is 6.68. The van der Waals surface area contributed by atoms with Gasteiger partial charge in [0.2, 0.25) is 10.0 Å². The third-order valence-electron chi connectivity index (χ3n) is 3.22. The van der Waals surface area contributed by atoms with Crippen LogP contribution in [-0.2, 0) is 10.0 Å². The molecule has 16 heavy (non-hydrogen) atoms. The van der Waals surface area contributed by atoms with E-state index < -0.39 is 10.0 Å². The van der Waals surface area contributed by atoms with Gasteiger partial charge in [0, 0.05) is 19.0 Å². The molecule has 1 saturated heterocycles. The van der Waals surface area contributed by atoms with Gasteiger partial charge in [-0.05, 0) is 25.7 Å². The first kappa shape index (κ1) is 11.7. The van der Waals surface area contributed by atoms with Gasteiger partial charge in [0.1, 0.15) is 5.84 Å². The predicted octanol–water partition coefficient (Wildman–Crippen LogP) is -0.0630. The summed E-state index contributed by atoms with van der Waals surface area (Å²) in [4.78, 5) is 0. The van der Waals surface area contributed by atoms with Crippen molar-refractivity contribution in [1.29, 1.82) is 0 Å². The van der Waals surface area contributed by atoms with E-state index in [1.165, 1.54) is 4.31 Å². The Hall–Kier alpha value is -0.820. The van der Waals surface area contributed by atoms with Crippen LogP contribution in [0.2, 0.25) is 0 Å². The number of hydrogen-bond donors (Lipinski definition) is 2. The lowest BCUT2D eigenvalue weighted by Crippen LogP contribution is -2.45. The van der Waals surface area contributed by atoms with Gasteiger partial charge in [-0.3, -0.25) is 0 Å². The molecule has 0 aromatic heterocycles. The fraction of sp³-hybridized carbons (Fsp3) is 0.889. The molecule has 2 aliphatic rings. The molecule has 2 fully saturated rings. The monoisotopic (exact) mass is 247 g/mol. The second-order valence-electron chi connectivity index (χ2n) is 4.47. The largest absolute Gasteiger partial charge is 0.409 e. The summed E-state index contributed by atoms with van der Waals surface area (Å²) >= 11 is 0. The van der Waals surface area contributed by atoms with Crippen LogP contribution in [0.3, 0.4) is 0 Å². The number of oxime groups is 1. The summed E-state index contributed by atoms with van der Waals surface area (Å²) in [5, 5.41) is 11.4. The van der Waals surface area contributed by atoms with Crippen molar-refractivity contribution in [2.24, 2.45) is 16.8 Å². The smallest absolute Gasteiger partial charge is 0.217 e. The SMILES string of the molecule is NC(=NO)C1CCCN(S(=O)(=O)C2CC2)C1. The lowest BCUT2D eigenvalue weighted by Gasteiger charge is -2.31. The average molecular weight is 247 g/mol. The summed E-state index contributed by atoms with van der Waals surface area (Å²) in [6.45, 7) is 0.919. The van der Waals surface area contributed by atoms with E-state index in [1.807, 2.05) is 0 Å². The van der Waals surface area contributed by atoms with Crippen molar-refractivity contribution in [3.63, 3.8) is 0 Å². The summed E-state index contributed by atoms with van der Waals surface area (Å²) in [5.41, 5.74) is 5.52. The van der Waals surface area contributed by atoms with Crippen molar-refractivity contribution in [3.05, 3.63) is 0 Å². The third-order valence-corrected chi connectivity index (χ3v) is 5.59. The maximum atomic E-state index is 12.0. The lowest BCUT2D eigenvalue weighted by atomic mass is 9.99. The quantitative estimate of drug-likeness (QED) is 0.316. The van der Waals surface area contributed by atoms with E-state index in [1.54, 1.807) is 0 Å². The number of rotatable bonds is 3. The minimum atomic E-state index is -3.12. The molecule has 92 valence electrons. The highest BCUT2D eigenvalue weighted by molar-refractivity contribution is 7.90. The highest BCUT2D eigenvalue weighted by atomic mass is 32.2. The van der Waals surface area contributed by atoms with Crippen LogP contribution in [0.25, 0.3) is 0 Å². The molecule has 1 aliphatic heterocycles. The van der Waals surface area contributed by atoms with Crippen molar-refractivity contribution >= 4 is 15.9 Å². The Morgan fingerprint density at radius 3 is 2.62 bits per heavy atom. The Kier molecular flexibility index (Phi) is 3.07. The van der Waals surface area contributed by atoms with Gasteiger partial charge in [0.15, 0.2) is 0 Å². The molecule has 1 heterocycles. The zero-order chi connectivity index (χ0) is 11.8. The molecule has 0 amide bonds. The van der Waals surface area contributed by atoms with E-state index >= 15 is 0 Å². The van der Waals surface area contributed by atoms with Crippen LogP contribution in [-0.4, -0.2) is 42.1 Å². The van der Waals surface area contributed by atoms with Crippen LogP contribution in [0, 0.1) is 5.92 Å². The average Bonchev–Trinajstić information content (AvgIpc) is 3.12. The van der Waals surface area contributed by atoms with Crippen molar-refractivity contribution < 1.29 is 13.6 Å². The van der Waals surface area contributed by atoms with Gasteiger partial charge in [-0.1, -0.05) is 5.16 Å². The number of sulfonamides is 1. The Balaban J connectivity index is 2.07. The summed E-state index contributed by atoms with van der Waals surface area (Å²) in [7, 11) is -3.12. The number of amidine groups is 1. The Labute approximate surface area is 95.2 Å². The van der Waals surface area contributed by atoms with Crippen LogP contribution >= 0.6 is 0 Å². The van der Waals surface area contributed by atoms with Crippen LogP contribution in [0.4, 0.5) is 0 Å². The summed E-state index contributed by atoms with van der Waals surface area (Å²) in [6, 6.07) is 0. The Morgan fingerprint density at radius 2 is 2.06 bits per heavy atom. The standard InChI is InChI=1S/C9H17N3O3S/c10-9(11-13)7-2-1-5-12(6-7)16(14,15)8-3-4-8/h7-8,13H,1-6H2,(H2,10,11). The van der Waals surface area contributed by atoms with Gasteiger partial charge in [0.25, 0.3) is 0 Å². The van der Waals surface area contributed by atoms with E-state index in [0.29, 0.717) is 13.1 Å². The first-order valence-electron chi connectivity index (χ1n) is 5.52. The molecule has 0 bridgehead atoms. The highest BCUT2D eigenvalue weighted by Gasteiger charge is 2.41. The summed E-state index contributed by atoms with van der Waals surface area (Å²) in [6.07, 6.45) is 3.10. The fourth-order valence-electron chi connectivity index (χ4n) is 2.07. The number of piperidine rings is 1. The van der Waals surface area contributed by atoms with E-state index in [-0.39, 0.29) is 17.0 Å². The van der Waals surface area contributed by atoms with Crippen molar-refractivity contribution in [1.82, 2.24) is 4.31 Å². The molecule has 1 unspecified atom stereocenters.